The summed E-state index contributed by atoms with van der Waals surface area (Å²) < 4.78 is 5.60. The third-order valence-corrected chi connectivity index (χ3v) is 5.77. The zero-order chi connectivity index (χ0) is 23.4. The fraction of sp³-hybridized carbons (Fsp3) is 0.240. The van der Waals surface area contributed by atoms with Crippen molar-refractivity contribution in [3.8, 4) is 11.4 Å². The van der Waals surface area contributed by atoms with Crippen LogP contribution in [0.1, 0.15) is 30.9 Å². The number of aryl methyl sites for hydroxylation is 2. The number of halogens is 2. The van der Waals surface area contributed by atoms with E-state index in [1.807, 2.05) is 19.1 Å². The highest BCUT2D eigenvalue weighted by molar-refractivity contribution is 6.34. The van der Waals surface area contributed by atoms with Crippen LogP contribution in [0, 0.1) is 6.92 Å². The molecule has 3 aromatic carbocycles. The number of fused-ring (bicyclic) bond motifs is 1. The van der Waals surface area contributed by atoms with Crippen LogP contribution in [0.25, 0.3) is 16.7 Å². The van der Waals surface area contributed by atoms with Crippen molar-refractivity contribution in [2.75, 3.05) is 11.9 Å². The van der Waals surface area contributed by atoms with Crippen molar-refractivity contribution in [2.45, 2.75) is 33.1 Å². The molecule has 1 amide bonds. The summed E-state index contributed by atoms with van der Waals surface area (Å²) in [6.45, 7) is 3.89. The van der Waals surface area contributed by atoms with E-state index in [1.54, 1.807) is 35.1 Å². The number of amides is 1. The first-order chi connectivity index (χ1) is 15.9. The number of carbonyl (C=O) groups excluding carboxylic acids is 1. The maximum atomic E-state index is 12.4. The molecule has 0 saturated carbocycles. The van der Waals surface area contributed by atoms with Crippen molar-refractivity contribution < 1.29 is 9.53 Å². The van der Waals surface area contributed by atoms with Crippen LogP contribution >= 0.6 is 23.2 Å². The van der Waals surface area contributed by atoms with Gasteiger partial charge in [0, 0.05) is 5.02 Å². The quantitative estimate of drug-likeness (QED) is 0.315. The van der Waals surface area contributed by atoms with Crippen LogP contribution in [-0.2, 0) is 11.2 Å². The molecule has 0 atom stereocenters. The van der Waals surface area contributed by atoms with E-state index >= 15 is 0 Å². The van der Waals surface area contributed by atoms with Crippen LogP contribution in [0.5, 0.6) is 5.75 Å². The van der Waals surface area contributed by atoms with Crippen LogP contribution in [0.3, 0.4) is 0 Å². The molecule has 1 N–H and O–H groups in total. The SMILES string of the molecule is CCCCc1ccc(-n2nc3cc(Cl)c(NC(=O)COc4ccc(Cl)cc4C)cc3n2)cc1. The number of aromatic nitrogens is 3. The second-order valence-electron chi connectivity index (χ2n) is 7.83. The third kappa shape index (κ3) is 5.64. The van der Waals surface area contributed by atoms with Crippen LogP contribution in [0.2, 0.25) is 10.0 Å². The van der Waals surface area contributed by atoms with Crippen LogP contribution in [0.4, 0.5) is 5.69 Å². The van der Waals surface area contributed by atoms with E-state index < -0.39 is 0 Å². The molecule has 4 aromatic rings. The van der Waals surface area contributed by atoms with Gasteiger partial charge in [-0.3, -0.25) is 4.79 Å². The monoisotopic (exact) mass is 482 g/mol. The lowest BCUT2D eigenvalue weighted by Crippen LogP contribution is -2.20. The number of benzene rings is 3. The Balaban J connectivity index is 1.46. The predicted octanol–water partition coefficient (Wildman–Crippen LogP) is 6.40. The molecule has 0 aliphatic heterocycles. The lowest BCUT2D eigenvalue weighted by Gasteiger charge is -2.10. The average molecular weight is 483 g/mol. The number of ether oxygens (including phenoxy) is 1. The molecule has 4 rings (SSSR count). The maximum absolute atomic E-state index is 12.4. The molecule has 6 nitrogen and oxygen atoms in total. The summed E-state index contributed by atoms with van der Waals surface area (Å²) in [5.41, 5.74) is 4.72. The first-order valence-electron chi connectivity index (χ1n) is 10.8. The number of carbonyl (C=O) groups is 1. The zero-order valence-corrected chi connectivity index (χ0v) is 20.0. The van der Waals surface area contributed by atoms with E-state index in [0.29, 0.717) is 32.5 Å². The van der Waals surface area contributed by atoms with Crippen molar-refractivity contribution in [3.63, 3.8) is 0 Å². The molecule has 0 fully saturated rings. The Kier molecular flexibility index (Phi) is 7.16. The third-order valence-electron chi connectivity index (χ3n) is 5.23. The topological polar surface area (TPSA) is 69.0 Å². The molecule has 1 aromatic heterocycles. The Morgan fingerprint density at radius 1 is 1.03 bits per heavy atom. The van der Waals surface area contributed by atoms with E-state index in [0.717, 1.165) is 17.7 Å². The summed E-state index contributed by atoms with van der Waals surface area (Å²) in [7, 11) is 0. The van der Waals surface area contributed by atoms with Gasteiger partial charge >= 0.3 is 0 Å². The second-order valence-corrected chi connectivity index (χ2v) is 8.67. The minimum atomic E-state index is -0.333. The molecule has 0 unspecified atom stereocenters. The smallest absolute Gasteiger partial charge is 0.262 e. The van der Waals surface area contributed by atoms with Gasteiger partial charge in [0.1, 0.15) is 16.8 Å². The lowest BCUT2D eigenvalue weighted by molar-refractivity contribution is -0.118. The second kappa shape index (κ2) is 10.2. The number of hydrogen-bond acceptors (Lipinski definition) is 4. The van der Waals surface area contributed by atoms with Gasteiger partial charge in [0.2, 0.25) is 0 Å². The molecule has 170 valence electrons. The Hall–Kier alpha value is -3.09. The van der Waals surface area contributed by atoms with E-state index in [4.69, 9.17) is 27.9 Å². The molecule has 0 radical (unpaired) electrons. The van der Waals surface area contributed by atoms with Crippen LogP contribution in [0.15, 0.2) is 54.6 Å². The van der Waals surface area contributed by atoms with Gasteiger partial charge in [-0.1, -0.05) is 48.7 Å². The fourth-order valence-electron chi connectivity index (χ4n) is 3.43. The molecule has 33 heavy (non-hydrogen) atoms. The summed E-state index contributed by atoms with van der Waals surface area (Å²) in [6, 6.07) is 16.8. The van der Waals surface area contributed by atoms with Crippen LogP contribution < -0.4 is 10.1 Å². The number of nitrogens with zero attached hydrogens (tertiary/aromatic N) is 3. The summed E-state index contributed by atoms with van der Waals surface area (Å²) >= 11 is 12.3. The molecule has 0 aliphatic carbocycles. The molecular weight excluding hydrogens is 459 g/mol. The van der Waals surface area contributed by atoms with Crippen molar-refractivity contribution in [3.05, 3.63) is 75.8 Å². The Morgan fingerprint density at radius 3 is 2.45 bits per heavy atom. The van der Waals surface area contributed by atoms with Crippen molar-refractivity contribution in [1.29, 1.82) is 0 Å². The first kappa shape index (κ1) is 23.1. The summed E-state index contributed by atoms with van der Waals surface area (Å²) in [4.78, 5) is 14.0. The van der Waals surface area contributed by atoms with Crippen molar-refractivity contribution in [2.24, 2.45) is 0 Å². The lowest BCUT2D eigenvalue weighted by atomic mass is 10.1. The summed E-state index contributed by atoms with van der Waals surface area (Å²) in [5.74, 6) is 0.264. The van der Waals surface area contributed by atoms with Gasteiger partial charge in [-0.05, 0) is 73.4 Å². The van der Waals surface area contributed by atoms with E-state index in [1.165, 1.54) is 18.4 Å². The summed E-state index contributed by atoms with van der Waals surface area (Å²) in [5, 5.41) is 12.8. The Bertz CT molecular complexity index is 1290. The van der Waals surface area contributed by atoms with Crippen molar-refractivity contribution in [1.82, 2.24) is 15.0 Å². The van der Waals surface area contributed by atoms with Crippen LogP contribution in [-0.4, -0.2) is 27.5 Å². The van der Waals surface area contributed by atoms with E-state index in [9.17, 15) is 4.79 Å². The standard InChI is InChI=1S/C25H24Cl2N4O2/c1-3-4-5-17-6-9-19(10-7-17)31-29-22-13-20(27)21(14-23(22)30-31)28-25(32)15-33-24-11-8-18(26)12-16(24)2/h6-14H,3-5,15H2,1-2H3,(H,28,32). The van der Waals surface area contributed by atoms with Gasteiger partial charge in [-0.2, -0.15) is 4.80 Å². The fourth-order valence-corrected chi connectivity index (χ4v) is 3.86. The highest BCUT2D eigenvalue weighted by Crippen LogP contribution is 2.27. The Morgan fingerprint density at radius 2 is 1.76 bits per heavy atom. The minimum Gasteiger partial charge on any atom is -0.483 e. The van der Waals surface area contributed by atoms with Crippen molar-refractivity contribution >= 4 is 45.8 Å². The van der Waals surface area contributed by atoms with Gasteiger partial charge in [0.25, 0.3) is 5.91 Å². The molecule has 0 aliphatic rings. The normalized spacial score (nSPS) is 11.0. The van der Waals surface area contributed by atoms with Gasteiger partial charge in [0.05, 0.1) is 16.4 Å². The Labute approximate surface area is 202 Å². The van der Waals surface area contributed by atoms with E-state index in [2.05, 4.69) is 34.6 Å². The molecule has 1 heterocycles. The first-order valence-corrected chi connectivity index (χ1v) is 11.5. The number of anilines is 1. The number of hydrogen-bond donors (Lipinski definition) is 1. The molecule has 0 bridgehead atoms. The highest BCUT2D eigenvalue weighted by Gasteiger charge is 2.13. The number of nitrogens with one attached hydrogen (secondary N) is 1. The summed E-state index contributed by atoms with van der Waals surface area (Å²) in [6.07, 6.45) is 3.40. The molecule has 0 spiro atoms. The largest absolute Gasteiger partial charge is 0.483 e. The zero-order valence-electron chi connectivity index (χ0n) is 18.4. The number of unbranched alkanes of at least 4 members (excludes halogenated alkanes) is 1. The molecule has 8 heteroatoms. The minimum absolute atomic E-state index is 0.159. The van der Waals surface area contributed by atoms with Gasteiger partial charge in [-0.15, -0.1) is 10.2 Å². The van der Waals surface area contributed by atoms with Gasteiger partial charge < -0.3 is 10.1 Å². The van der Waals surface area contributed by atoms with Gasteiger partial charge in [-0.25, -0.2) is 0 Å². The molecule has 0 saturated heterocycles. The van der Waals surface area contributed by atoms with Gasteiger partial charge in [0.15, 0.2) is 6.61 Å². The highest BCUT2D eigenvalue weighted by atomic mass is 35.5. The average Bonchev–Trinajstić information content (AvgIpc) is 3.20. The maximum Gasteiger partial charge on any atom is 0.262 e. The number of rotatable bonds is 8. The molecular formula is C25H24Cl2N4O2. The van der Waals surface area contributed by atoms with E-state index in [-0.39, 0.29) is 12.5 Å². The predicted molar refractivity (Wildman–Crippen MR) is 133 cm³/mol.